The van der Waals surface area contributed by atoms with Crippen molar-refractivity contribution in [3.05, 3.63) is 15.8 Å². The Balaban J connectivity index is 2.80. The Hall–Kier alpha value is -1.40. The Labute approximate surface area is 136 Å². The van der Waals surface area contributed by atoms with Gasteiger partial charge in [-0.1, -0.05) is 26.7 Å². The minimum absolute atomic E-state index is 0.131. The van der Waals surface area contributed by atoms with Crippen LogP contribution in [-0.4, -0.2) is 25.0 Å². The monoisotopic (exact) mass is 326 g/mol. The number of ether oxygens (including phenoxy) is 1. The quantitative estimate of drug-likeness (QED) is 0.539. The van der Waals surface area contributed by atoms with E-state index >= 15 is 0 Å². The van der Waals surface area contributed by atoms with Gasteiger partial charge in [0.15, 0.2) is 0 Å². The molecule has 0 bridgehead atoms. The van der Waals surface area contributed by atoms with Gasteiger partial charge in [-0.05, 0) is 30.7 Å². The Bertz CT molecular complexity index is 500. The number of carbonyl (C=O) groups is 2. The minimum Gasteiger partial charge on any atom is -0.461 e. The van der Waals surface area contributed by atoms with Crippen LogP contribution in [0.1, 0.15) is 54.8 Å². The SMILES string of the molecule is CCCCOC(=O)c1scc(C)c1NC(=O)C(CN)CCC. The molecule has 0 saturated carbocycles. The van der Waals surface area contributed by atoms with Crippen LogP contribution in [-0.2, 0) is 9.53 Å². The molecule has 0 aromatic carbocycles. The molecule has 0 radical (unpaired) electrons. The highest BCUT2D eigenvalue weighted by Gasteiger charge is 2.22. The van der Waals surface area contributed by atoms with E-state index < -0.39 is 0 Å². The van der Waals surface area contributed by atoms with E-state index in [1.807, 2.05) is 26.2 Å². The molecule has 0 aliphatic rings. The third-order valence-corrected chi connectivity index (χ3v) is 4.51. The van der Waals surface area contributed by atoms with Crippen molar-refractivity contribution in [3.63, 3.8) is 0 Å². The Morgan fingerprint density at radius 2 is 2.09 bits per heavy atom. The highest BCUT2D eigenvalue weighted by molar-refractivity contribution is 7.12. The van der Waals surface area contributed by atoms with Crippen molar-refractivity contribution in [2.45, 2.75) is 46.5 Å². The van der Waals surface area contributed by atoms with E-state index in [0.717, 1.165) is 31.2 Å². The molecule has 1 rings (SSSR count). The van der Waals surface area contributed by atoms with Crippen molar-refractivity contribution in [2.24, 2.45) is 11.7 Å². The van der Waals surface area contributed by atoms with Gasteiger partial charge in [-0.3, -0.25) is 4.79 Å². The number of rotatable bonds is 9. The lowest BCUT2D eigenvalue weighted by Gasteiger charge is -2.15. The van der Waals surface area contributed by atoms with Crippen LogP contribution in [0.15, 0.2) is 5.38 Å². The van der Waals surface area contributed by atoms with Crippen molar-refractivity contribution < 1.29 is 14.3 Å². The summed E-state index contributed by atoms with van der Waals surface area (Å²) in [6.07, 6.45) is 3.44. The molecule has 1 heterocycles. The molecule has 1 amide bonds. The number of aryl methyl sites for hydroxylation is 1. The standard InChI is InChI=1S/C16H26N2O3S/c1-4-6-8-21-16(20)14-13(11(3)10-22-14)18-15(19)12(9-17)7-5-2/h10,12H,4-9,17H2,1-3H3,(H,18,19). The fraction of sp³-hybridized carbons (Fsp3) is 0.625. The van der Waals surface area contributed by atoms with Crippen LogP contribution < -0.4 is 11.1 Å². The number of carbonyl (C=O) groups excluding carboxylic acids is 2. The summed E-state index contributed by atoms with van der Waals surface area (Å²) in [7, 11) is 0. The molecule has 0 fully saturated rings. The van der Waals surface area contributed by atoms with Crippen LogP contribution in [0.25, 0.3) is 0 Å². The fourth-order valence-electron chi connectivity index (χ4n) is 2.05. The van der Waals surface area contributed by atoms with E-state index in [-0.39, 0.29) is 17.8 Å². The van der Waals surface area contributed by atoms with Crippen molar-refractivity contribution in [2.75, 3.05) is 18.5 Å². The van der Waals surface area contributed by atoms with E-state index in [9.17, 15) is 9.59 Å². The van der Waals surface area contributed by atoms with Crippen molar-refractivity contribution in [3.8, 4) is 0 Å². The van der Waals surface area contributed by atoms with Crippen LogP contribution in [0.4, 0.5) is 5.69 Å². The van der Waals surface area contributed by atoms with Crippen LogP contribution in [0.5, 0.6) is 0 Å². The van der Waals surface area contributed by atoms with Crippen molar-refractivity contribution in [1.29, 1.82) is 0 Å². The lowest BCUT2D eigenvalue weighted by atomic mass is 10.0. The van der Waals surface area contributed by atoms with E-state index in [0.29, 0.717) is 23.7 Å². The molecular weight excluding hydrogens is 300 g/mol. The van der Waals surface area contributed by atoms with Crippen LogP contribution in [0.2, 0.25) is 0 Å². The summed E-state index contributed by atoms with van der Waals surface area (Å²) < 4.78 is 5.23. The van der Waals surface area contributed by atoms with Gasteiger partial charge in [0.2, 0.25) is 5.91 Å². The number of hydrogen-bond donors (Lipinski definition) is 2. The molecule has 6 heteroatoms. The topological polar surface area (TPSA) is 81.4 Å². The smallest absolute Gasteiger partial charge is 0.350 e. The van der Waals surface area contributed by atoms with Gasteiger partial charge >= 0.3 is 5.97 Å². The van der Waals surface area contributed by atoms with Gasteiger partial charge < -0.3 is 15.8 Å². The molecule has 5 nitrogen and oxygen atoms in total. The highest BCUT2D eigenvalue weighted by Crippen LogP contribution is 2.29. The number of anilines is 1. The van der Waals surface area contributed by atoms with Gasteiger partial charge in [-0.15, -0.1) is 11.3 Å². The van der Waals surface area contributed by atoms with E-state index in [1.54, 1.807) is 0 Å². The van der Waals surface area contributed by atoms with Crippen LogP contribution in [0.3, 0.4) is 0 Å². The summed E-state index contributed by atoms with van der Waals surface area (Å²) in [5.41, 5.74) is 7.09. The van der Waals surface area contributed by atoms with E-state index in [1.165, 1.54) is 11.3 Å². The second-order valence-electron chi connectivity index (χ2n) is 5.32. The number of nitrogens with one attached hydrogen (secondary N) is 1. The Morgan fingerprint density at radius 3 is 2.68 bits per heavy atom. The normalized spacial score (nSPS) is 12.0. The van der Waals surface area contributed by atoms with E-state index in [4.69, 9.17) is 10.5 Å². The molecule has 3 N–H and O–H groups in total. The Morgan fingerprint density at radius 1 is 1.36 bits per heavy atom. The average Bonchev–Trinajstić information content (AvgIpc) is 2.86. The zero-order chi connectivity index (χ0) is 16.5. The van der Waals surface area contributed by atoms with Crippen molar-refractivity contribution in [1.82, 2.24) is 0 Å². The van der Waals surface area contributed by atoms with Gasteiger partial charge in [-0.2, -0.15) is 0 Å². The molecule has 1 atom stereocenters. The molecule has 1 aromatic heterocycles. The predicted molar refractivity (Wildman–Crippen MR) is 90.3 cm³/mol. The number of unbranched alkanes of at least 4 members (excludes halogenated alkanes) is 1. The molecule has 124 valence electrons. The molecule has 1 unspecified atom stereocenters. The number of thiophene rings is 1. The molecule has 1 aromatic rings. The third kappa shape index (κ3) is 5.10. The Kier molecular flexibility index (Phi) is 8.12. The predicted octanol–water partition coefficient (Wildman–Crippen LogP) is 3.33. The second-order valence-corrected chi connectivity index (χ2v) is 6.20. The number of nitrogens with two attached hydrogens (primary N) is 1. The van der Waals surface area contributed by atoms with E-state index in [2.05, 4.69) is 5.32 Å². The maximum absolute atomic E-state index is 12.3. The van der Waals surface area contributed by atoms with Gasteiger partial charge in [0.25, 0.3) is 0 Å². The number of hydrogen-bond acceptors (Lipinski definition) is 5. The third-order valence-electron chi connectivity index (χ3n) is 3.43. The summed E-state index contributed by atoms with van der Waals surface area (Å²) in [5.74, 6) is -0.733. The largest absolute Gasteiger partial charge is 0.461 e. The van der Waals surface area contributed by atoms with Crippen molar-refractivity contribution >= 4 is 28.9 Å². The first kappa shape index (κ1) is 18.6. The highest BCUT2D eigenvalue weighted by atomic mass is 32.1. The molecular formula is C16H26N2O3S. The maximum atomic E-state index is 12.3. The lowest BCUT2D eigenvalue weighted by Crippen LogP contribution is -2.29. The maximum Gasteiger partial charge on any atom is 0.350 e. The van der Waals surface area contributed by atoms with Crippen LogP contribution in [0, 0.1) is 12.8 Å². The second kappa shape index (κ2) is 9.58. The first-order valence-electron chi connectivity index (χ1n) is 7.81. The first-order valence-corrected chi connectivity index (χ1v) is 8.69. The molecule has 0 spiro atoms. The lowest BCUT2D eigenvalue weighted by molar-refractivity contribution is -0.119. The van der Waals surface area contributed by atoms with Gasteiger partial charge in [0, 0.05) is 6.54 Å². The summed E-state index contributed by atoms with van der Waals surface area (Å²) in [6, 6.07) is 0. The van der Waals surface area contributed by atoms with Crippen LogP contribution >= 0.6 is 11.3 Å². The average molecular weight is 326 g/mol. The zero-order valence-corrected chi connectivity index (χ0v) is 14.4. The summed E-state index contributed by atoms with van der Waals surface area (Å²) in [4.78, 5) is 24.8. The fourth-order valence-corrected chi connectivity index (χ4v) is 2.95. The minimum atomic E-state index is -0.373. The zero-order valence-electron chi connectivity index (χ0n) is 13.6. The first-order chi connectivity index (χ1) is 10.5. The summed E-state index contributed by atoms with van der Waals surface area (Å²) in [6.45, 7) is 6.63. The summed E-state index contributed by atoms with van der Waals surface area (Å²) in [5, 5.41) is 4.71. The molecule has 0 aliphatic carbocycles. The molecule has 0 saturated heterocycles. The summed E-state index contributed by atoms with van der Waals surface area (Å²) >= 11 is 1.30. The molecule has 0 aliphatic heterocycles. The molecule has 22 heavy (non-hydrogen) atoms. The number of esters is 1. The van der Waals surface area contributed by atoms with Gasteiger partial charge in [-0.25, -0.2) is 4.79 Å². The van der Waals surface area contributed by atoms with Gasteiger partial charge in [0.05, 0.1) is 18.2 Å². The van der Waals surface area contributed by atoms with Gasteiger partial charge in [0.1, 0.15) is 4.88 Å². The number of amides is 1.